The van der Waals surface area contributed by atoms with Crippen LogP contribution in [0.15, 0.2) is 6.33 Å². The summed E-state index contributed by atoms with van der Waals surface area (Å²) in [6, 6.07) is 1.65. The fourth-order valence-electron chi connectivity index (χ4n) is 6.43. The number of fused-ring (bicyclic) bond motifs is 1. The van der Waals surface area contributed by atoms with Crippen molar-refractivity contribution in [3.8, 4) is 0 Å². The number of unbranched alkanes of at least 4 members (excludes halogenated alkanes) is 2. The summed E-state index contributed by atoms with van der Waals surface area (Å²) >= 11 is 0. The Morgan fingerprint density at radius 1 is 0.895 bits per heavy atom. The predicted octanol–water partition coefficient (Wildman–Crippen LogP) is 5.10. The molecule has 0 amide bonds. The van der Waals surface area contributed by atoms with E-state index >= 15 is 0 Å². The van der Waals surface area contributed by atoms with Gasteiger partial charge in [0.1, 0.15) is 0 Å². The fraction of sp³-hybridized carbons (Fsp3) is 0.828. The van der Waals surface area contributed by atoms with Crippen LogP contribution in [0.1, 0.15) is 103 Å². The van der Waals surface area contributed by atoms with Crippen LogP contribution < -0.4 is 16.4 Å². The molecule has 9 nitrogen and oxygen atoms in total. The van der Waals surface area contributed by atoms with Crippen LogP contribution >= 0.6 is 0 Å². The summed E-state index contributed by atoms with van der Waals surface area (Å²) in [5.41, 5.74) is 8.04. The van der Waals surface area contributed by atoms with Crippen molar-refractivity contribution in [1.29, 1.82) is 0 Å². The molecular weight excluding hydrogens is 476 g/mol. The molecule has 3 fully saturated rings. The van der Waals surface area contributed by atoms with Gasteiger partial charge in [0.15, 0.2) is 17.0 Å². The number of imidazole rings is 1. The number of ether oxygens (including phenoxy) is 1. The van der Waals surface area contributed by atoms with Gasteiger partial charge < -0.3 is 30.6 Å². The summed E-state index contributed by atoms with van der Waals surface area (Å²) in [4.78, 5) is 17.5. The first-order chi connectivity index (χ1) is 18.7. The van der Waals surface area contributed by atoms with E-state index in [1.54, 1.807) is 0 Å². The number of aromatic nitrogens is 4. The van der Waals surface area contributed by atoms with Gasteiger partial charge >= 0.3 is 0 Å². The highest BCUT2D eigenvalue weighted by atomic mass is 16.5. The van der Waals surface area contributed by atoms with Crippen molar-refractivity contribution < 1.29 is 4.74 Å². The number of nitrogens with one attached hydrogen (secondary N) is 2. The van der Waals surface area contributed by atoms with Crippen LogP contribution in [0.4, 0.5) is 11.8 Å². The van der Waals surface area contributed by atoms with Gasteiger partial charge in [-0.3, -0.25) is 0 Å². The van der Waals surface area contributed by atoms with Crippen LogP contribution in [0.2, 0.25) is 0 Å². The van der Waals surface area contributed by atoms with E-state index in [1.165, 1.54) is 51.5 Å². The Hall–Kier alpha value is -1.97. The molecule has 2 aliphatic carbocycles. The van der Waals surface area contributed by atoms with Gasteiger partial charge in [0.25, 0.3) is 0 Å². The topological polar surface area (TPSA) is 106 Å². The Balaban J connectivity index is 1.19. The van der Waals surface area contributed by atoms with E-state index in [4.69, 9.17) is 25.4 Å². The molecular formula is C29H50N8O. The van der Waals surface area contributed by atoms with Crippen LogP contribution in [-0.2, 0) is 4.74 Å². The molecule has 2 aromatic heterocycles. The van der Waals surface area contributed by atoms with Crippen molar-refractivity contribution >= 4 is 22.9 Å². The molecule has 2 saturated carbocycles. The van der Waals surface area contributed by atoms with Crippen molar-refractivity contribution in [2.24, 2.45) is 5.73 Å². The van der Waals surface area contributed by atoms with Crippen molar-refractivity contribution in [2.75, 3.05) is 43.5 Å². The molecule has 4 N–H and O–H groups in total. The van der Waals surface area contributed by atoms with Gasteiger partial charge in [0.2, 0.25) is 5.95 Å². The molecule has 5 rings (SSSR count). The molecule has 9 heteroatoms. The molecule has 3 heterocycles. The Kier molecular flexibility index (Phi) is 10.1. The molecule has 0 unspecified atom stereocenters. The molecule has 38 heavy (non-hydrogen) atoms. The standard InChI is InChI=1S/C29H50N8O/c1-2-19-38-20-7-3-6-16-36-17-14-24(15-18-36)32-27-26-28(37(21-31-26)25-8-4-5-9-25)35-29(34-27)33-23-12-10-22(30)11-13-23/h21-25H,2-20,30H2,1H3,(H2,32,33,34,35). The third-order valence-corrected chi connectivity index (χ3v) is 8.78. The first-order valence-electron chi connectivity index (χ1n) is 15.5. The van der Waals surface area contributed by atoms with Gasteiger partial charge in [-0.2, -0.15) is 9.97 Å². The minimum Gasteiger partial charge on any atom is -0.381 e. The van der Waals surface area contributed by atoms with E-state index in [-0.39, 0.29) is 0 Å². The highest BCUT2D eigenvalue weighted by Crippen LogP contribution is 2.34. The molecule has 0 radical (unpaired) electrons. The van der Waals surface area contributed by atoms with Gasteiger partial charge in [-0.25, -0.2) is 4.98 Å². The van der Waals surface area contributed by atoms with Crippen LogP contribution in [-0.4, -0.2) is 75.4 Å². The summed E-state index contributed by atoms with van der Waals surface area (Å²) in [5.74, 6) is 1.63. The first-order valence-corrected chi connectivity index (χ1v) is 15.5. The Labute approximate surface area is 228 Å². The maximum absolute atomic E-state index is 6.15. The van der Waals surface area contributed by atoms with E-state index < -0.39 is 0 Å². The quantitative estimate of drug-likeness (QED) is 0.310. The van der Waals surface area contributed by atoms with Gasteiger partial charge in [0.05, 0.1) is 6.33 Å². The van der Waals surface area contributed by atoms with Crippen LogP contribution in [0.25, 0.3) is 11.2 Å². The van der Waals surface area contributed by atoms with Crippen LogP contribution in [0.5, 0.6) is 0 Å². The van der Waals surface area contributed by atoms with Gasteiger partial charge in [-0.15, -0.1) is 0 Å². The molecule has 2 aromatic rings. The second-order valence-electron chi connectivity index (χ2n) is 11.8. The largest absolute Gasteiger partial charge is 0.381 e. The average molecular weight is 527 g/mol. The molecule has 0 aromatic carbocycles. The molecule has 0 bridgehead atoms. The minimum atomic E-state index is 0.336. The smallest absolute Gasteiger partial charge is 0.227 e. The maximum Gasteiger partial charge on any atom is 0.227 e. The van der Waals surface area contributed by atoms with Crippen molar-refractivity contribution in [3.63, 3.8) is 0 Å². The number of nitrogens with two attached hydrogens (primary N) is 1. The SMILES string of the molecule is CCCOCCCCCN1CCC(Nc2nc(NC3CCC(N)CC3)nc3c2ncn3C2CCCC2)CC1. The first kappa shape index (κ1) is 27.6. The maximum atomic E-state index is 6.15. The summed E-state index contributed by atoms with van der Waals surface area (Å²) in [5, 5.41) is 7.45. The highest BCUT2D eigenvalue weighted by molar-refractivity contribution is 5.84. The van der Waals surface area contributed by atoms with Gasteiger partial charge in [0, 0.05) is 50.5 Å². The number of anilines is 2. The molecule has 1 saturated heterocycles. The molecule has 212 valence electrons. The number of hydrogen-bond acceptors (Lipinski definition) is 8. The lowest BCUT2D eigenvalue weighted by molar-refractivity contribution is 0.129. The van der Waals surface area contributed by atoms with E-state index in [0.717, 1.165) is 94.2 Å². The normalized spacial score (nSPS) is 23.8. The Bertz CT molecular complexity index is 974. The van der Waals surface area contributed by atoms with Crippen molar-refractivity contribution in [2.45, 2.75) is 121 Å². The summed E-state index contributed by atoms with van der Waals surface area (Å²) in [6.45, 7) is 7.45. The number of rotatable bonds is 13. The van der Waals surface area contributed by atoms with Crippen molar-refractivity contribution in [1.82, 2.24) is 24.4 Å². The average Bonchev–Trinajstić information content (AvgIpc) is 3.61. The lowest BCUT2D eigenvalue weighted by atomic mass is 9.92. The van der Waals surface area contributed by atoms with E-state index in [2.05, 4.69) is 27.0 Å². The highest BCUT2D eigenvalue weighted by Gasteiger charge is 2.26. The zero-order valence-corrected chi connectivity index (χ0v) is 23.5. The summed E-state index contributed by atoms with van der Waals surface area (Å²) in [7, 11) is 0. The molecule has 0 atom stereocenters. The van der Waals surface area contributed by atoms with E-state index in [1.807, 2.05) is 6.33 Å². The number of hydrogen-bond donors (Lipinski definition) is 3. The third kappa shape index (κ3) is 7.36. The number of likely N-dealkylation sites (tertiary alicyclic amines) is 1. The van der Waals surface area contributed by atoms with Crippen molar-refractivity contribution in [3.05, 3.63) is 6.33 Å². The second kappa shape index (κ2) is 13.9. The summed E-state index contributed by atoms with van der Waals surface area (Å²) in [6.07, 6.45) is 18.4. The van der Waals surface area contributed by atoms with Gasteiger partial charge in [-0.05, 0) is 83.6 Å². The zero-order valence-electron chi connectivity index (χ0n) is 23.5. The number of piperidine rings is 1. The monoisotopic (exact) mass is 526 g/mol. The summed E-state index contributed by atoms with van der Waals surface area (Å²) < 4.78 is 7.93. The van der Waals surface area contributed by atoms with E-state index in [0.29, 0.717) is 24.2 Å². The van der Waals surface area contributed by atoms with E-state index in [9.17, 15) is 0 Å². The molecule has 1 aliphatic heterocycles. The number of nitrogens with zero attached hydrogens (tertiary/aromatic N) is 5. The second-order valence-corrected chi connectivity index (χ2v) is 11.8. The Morgan fingerprint density at radius 3 is 2.42 bits per heavy atom. The van der Waals surface area contributed by atoms with Gasteiger partial charge in [-0.1, -0.05) is 19.8 Å². The minimum absolute atomic E-state index is 0.336. The zero-order chi connectivity index (χ0) is 26.2. The lowest BCUT2D eigenvalue weighted by Gasteiger charge is -2.32. The Morgan fingerprint density at radius 2 is 1.66 bits per heavy atom. The lowest BCUT2D eigenvalue weighted by Crippen LogP contribution is -2.39. The fourth-order valence-corrected chi connectivity index (χ4v) is 6.43. The van der Waals surface area contributed by atoms with Crippen LogP contribution in [0.3, 0.4) is 0 Å². The van der Waals surface area contributed by atoms with Crippen LogP contribution in [0, 0.1) is 0 Å². The molecule has 3 aliphatic rings. The molecule has 0 spiro atoms. The third-order valence-electron chi connectivity index (χ3n) is 8.78. The predicted molar refractivity (Wildman–Crippen MR) is 155 cm³/mol.